The molecule has 1 heterocycles. The van der Waals surface area contributed by atoms with Crippen LogP contribution in [0.3, 0.4) is 0 Å². The Bertz CT molecular complexity index is 792. The molecule has 0 bridgehead atoms. The average Bonchev–Trinajstić information content (AvgIpc) is 3.10. The summed E-state index contributed by atoms with van der Waals surface area (Å²) in [5, 5.41) is 2.44. The molecule has 1 fully saturated rings. The molecular weight excluding hydrogens is 404 g/mol. The summed E-state index contributed by atoms with van der Waals surface area (Å²) in [7, 11) is -2.61. The molecule has 0 aliphatic carbocycles. The van der Waals surface area contributed by atoms with E-state index in [-0.39, 0.29) is 17.1 Å². The van der Waals surface area contributed by atoms with Gasteiger partial charge in [0.2, 0.25) is 6.29 Å². The number of ether oxygens (including phenoxy) is 2. The molecule has 4 nitrogen and oxygen atoms in total. The van der Waals surface area contributed by atoms with Gasteiger partial charge in [-0.1, -0.05) is 94.8 Å². The Morgan fingerprint density at radius 1 is 1.03 bits per heavy atom. The van der Waals surface area contributed by atoms with Crippen molar-refractivity contribution in [3.63, 3.8) is 0 Å². The average molecular weight is 441 g/mol. The number of carbonyl (C=O) groups excluding carboxylic acids is 1. The zero-order valence-electron chi connectivity index (χ0n) is 19.5. The van der Waals surface area contributed by atoms with Gasteiger partial charge in [0.05, 0.1) is 12.7 Å². The molecule has 0 amide bonds. The third kappa shape index (κ3) is 5.28. The summed E-state index contributed by atoms with van der Waals surface area (Å²) >= 11 is 0. The van der Waals surface area contributed by atoms with Gasteiger partial charge in [-0.05, 0) is 27.8 Å². The quantitative estimate of drug-likeness (QED) is 0.442. The van der Waals surface area contributed by atoms with Gasteiger partial charge in [0, 0.05) is 13.3 Å². The standard InChI is InChI=1S/C26H36O4Si/c1-6-13-21-18-25(29-20(2)27)30-24(21)19-28-31(26(3,4)5,22-14-9-7-10-15-22)23-16-11-8-12-17-23/h7-12,14-17,21,24-25H,6,13,18-19H2,1-5H3/t21-,24+,25-/m0/s1. The lowest BCUT2D eigenvalue weighted by Gasteiger charge is -2.43. The molecule has 168 valence electrons. The smallest absolute Gasteiger partial charge is 0.304 e. The van der Waals surface area contributed by atoms with Gasteiger partial charge in [-0.3, -0.25) is 4.79 Å². The highest BCUT2D eigenvalue weighted by molar-refractivity contribution is 6.99. The molecule has 0 aromatic heterocycles. The molecule has 0 N–H and O–H groups in total. The van der Waals surface area contributed by atoms with Gasteiger partial charge < -0.3 is 13.9 Å². The lowest BCUT2D eigenvalue weighted by atomic mass is 9.96. The molecular formula is C26H36O4Si. The molecule has 1 aliphatic heterocycles. The normalized spacial score (nSPS) is 21.8. The van der Waals surface area contributed by atoms with Crippen LogP contribution < -0.4 is 10.4 Å². The zero-order chi connectivity index (χ0) is 22.5. The fourth-order valence-electron chi connectivity index (χ4n) is 4.84. The Morgan fingerprint density at radius 2 is 1.58 bits per heavy atom. The lowest BCUT2D eigenvalue weighted by molar-refractivity contribution is -0.174. The van der Waals surface area contributed by atoms with Gasteiger partial charge in [-0.2, -0.15) is 0 Å². The highest BCUT2D eigenvalue weighted by atomic mass is 28.4. The minimum Gasteiger partial charge on any atom is -0.436 e. The molecule has 0 radical (unpaired) electrons. The zero-order valence-corrected chi connectivity index (χ0v) is 20.5. The van der Waals surface area contributed by atoms with Gasteiger partial charge in [0.15, 0.2) is 0 Å². The van der Waals surface area contributed by atoms with Crippen LogP contribution in [-0.2, 0) is 18.7 Å². The van der Waals surface area contributed by atoms with E-state index in [1.165, 1.54) is 17.3 Å². The third-order valence-corrected chi connectivity index (χ3v) is 11.2. The molecule has 0 saturated carbocycles. The van der Waals surface area contributed by atoms with Crippen molar-refractivity contribution < 1.29 is 18.7 Å². The largest absolute Gasteiger partial charge is 0.436 e. The van der Waals surface area contributed by atoms with E-state index in [9.17, 15) is 4.79 Å². The Labute approximate surface area is 188 Å². The van der Waals surface area contributed by atoms with Crippen LogP contribution in [0.2, 0.25) is 5.04 Å². The van der Waals surface area contributed by atoms with Crippen molar-refractivity contribution in [2.75, 3.05) is 6.61 Å². The second kappa shape index (κ2) is 10.1. The number of benzene rings is 2. The second-order valence-corrected chi connectivity index (χ2v) is 13.8. The second-order valence-electron chi connectivity index (χ2n) is 9.47. The highest BCUT2D eigenvalue weighted by Gasteiger charge is 2.51. The predicted molar refractivity (Wildman–Crippen MR) is 127 cm³/mol. The van der Waals surface area contributed by atoms with Crippen LogP contribution in [0.4, 0.5) is 0 Å². The summed E-state index contributed by atoms with van der Waals surface area (Å²) < 4.78 is 18.6. The predicted octanol–water partition coefficient (Wildman–Crippen LogP) is 4.66. The summed E-state index contributed by atoms with van der Waals surface area (Å²) in [6.07, 6.45) is 2.29. The van der Waals surface area contributed by atoms with E-state index in [0.717, 1.165) is 19.3 Å². The molecule has 1 aliphatic rings. The van der Waals surface area contributed by atoms with Crippen LogP contribution >= 0.6 is 0 Å². The Morgan fingerprint density at radius 3 is 2.03 bits per heavy atom. The molecule has 3 atom stereocenters. The first kappa shape index (κ1) is 23.7. The maximum absolute atomic E-state index is 11.5. The third-order valence-electron chi connectivity index (χ3n) is 6.19. The maximum Gasteiger partial charge on any atom is 0.304 e. The van der Waals surface area contributed by atoms with Gasteiger partial charge >= 0.3 is 5.97 Å². The minimum atomic E-state index is -2.61. The summed E-state index contributed by atoms with van der Waals surface area (Å²) in [5.41, 5.74) is 0. The van der Waals surface area contributed by atoms with Crippen molar-refractivity contribution in [2.45, 2.75) is 71.3 Å². The van der Waals surface area contributed by atoms with Gasteiger partial charge in [0.1, 0.15) is 0 Å². The summed E-state index contributed by atoms with van der Waals surface area (Å²) in [6.45, 7) is 10.9. The molecule has 1 saturated heterocycles. The molecule has 2 aromatic carbocycles. The molecule has 5 heteroatoms. The summed E-state index contributed by atoms with van der Waals surface area (Å²) in [5.74, 6) is 0.0290. The number of esters is 1. The van der Waals surface area contributed by atoms with Crippen LogP contribution in [0.25, 0.3) is 0 Å². The Balaban J connectivity index is 1.95. The first-order valence-corrected chi connectivity index (χ1v) is 13.3. The fraction of sp³-hybridized carbons (Fsp3) is 0.500. The van der Waals surface area contributed by atoms with Crippen molar-refractivity contribution >= 4 is 24.7 Å². The fourth-order valence-corrected chi connectivity index (χ4v) is 9.41. The number of carbonyl (C=O) groups is 1. The van der Waals surface area contributed by atoms with E-state index in [1.807, 2.05) is 0 Å². The van der Waals surface area contributed by atoms with Crippen molar-refractivity contribution in [3.05, 3.63) is 60.7 Å². The molecule has 2 aromatic rings. The van der Waals surface area contributed by atoms with Gasteiger partial charge in [-0.15, -0.1) is 0 Å². The van der Waals surface area contributed by atoms with E-state index in [2.05, 4.69) is 88.4 Å². The van der Waals surface area contributed by atoms with E-state index in [0.29, 0.717) is 12.5 Å². The molecule has 0 unspecified atom stereocenters. The van der Waals surface area contributed by atoms with Gasteiger partial charge in [-0.25, -0.2) is 0 Å². The van der Waals surface area contributed by atoms with Crippen LogP contribution in [-0.4, -0.2) is 33.3 Å². The van der Waals surface area contributed by atoms with E-state index in [1.54, 1.807) is 0 Å². The topological polar surface area (TPSA) is 44.8 Å². The van der Waals surface area contributed by atoms with Crippen molar-refractivity contribution in [1.82, 2.24) is 0 Å². The minimum absolute atomic E-state index is 0.0778. The Hall–Kier alpha value is -1.95. The van der Waals surface area contributed by atoms with E-state index in [4.69, 9.17) is 13.9 Å². The van der Waals surface area contributed by atoms with E-state index < -0.39 is 14.6 Å². The lowest BCUT2D eigenvalue weighted by Crippen LogP contribution is -2.67. The van der Waals surface area contributed by atoms with E-state index >= 15 is 0 Å². The summed E-state index contributed by atoms with van der Waals surface area (Å²) in [4.78, 5) is 11.5. The molecule has 0 spiro atoms. The summed E-state index contributed by atoms with van der Waals surface area (Å²) in [6, 6.07) is 21.3. The first-order chi connectivity index (χ1) is 14.8. The number of hydrogen-bond acceptors (Lipinski definition) is 4. The van der Waals surface area contributed by atoms with Crippen molar-refractivity contribution in [1.29, 1.82) is 0 Å². The van der Waals surface area contributed by atoms with Crippen molar-refractivity contribution in [3.8, 4) is 0 Å². The number of hydrogen-bond donors (Lipinski definition) is 0. The van der Waals surface area contributed by atoms with Crippen LogP contribution in [0.1, 0.15) is 53.9 Å². The molecule has 31 heavy (non-hydrogen) atoms. The highest BCUT2D eigenvalue weighted by Crippen LogP contribution is 2.38. The maximum atomic E-state index is 11.5. The van der Waals surface area contributed by atoms with Crippen LogP contribution in [0, 0.1) is 5.92 Å². The van der Waals surface area contributed by atoms with Gasteiger partial charge in [0.25, 0.3) is 8.32 Å². The monoisotopic (exact) mass is 440 g/mol. The Kier molecular flexibility index (Phi) is 7.73. The van der Waals surface area contributed by atoms with Crippen molar-refractivity contribution in [2.24, 2.45) is 5.92 Å². The number of rotatable bonds is 8. The molecule has 3 rings (SSSR count). The van der Waals surface area contributed by atoms with Crippen LogP contribution in [0.15, 0.2) is 60.7 Å². The first-order valence-electron chi connectivity index (χ1n) is 11.4. The SMILES string of the molecule is CCC[C@H]1C[C@@H](OC(C)=O)O[C@@H]1CO[Si](c1ccccc1)(c1ccccc1)C(C)(C)C. The van der Waals surface area contributed by atoms with Crippen LogP contribution in [0.5, 0.6) is 0 Å².